The smallest absolute Gasteiger partial charge is 0.407 e. The van der Waals surface area contributed by atoms with Crippen LogP contribution in [0.5, 0.6) is 5.88 Å². The molecule has 2 aliphatic heterocycles. The molecular formula is C32H39N5O8S. The van der Waals surface area contributed by atoms with Gasteiger partial charge in [0.25, 0.3) is 5.91 Å². The van der Waals surface area contributed by atoms with Gasteiger partial charge >= 0.3 is 6.09 Å². The Balaban J connectivity index is 1.30. The van der Waals surface area contributed by atoms with Gasteiger partial charge in [0.2, 0.25) is 27.7 Å². The molecule has 1 saturated heterocycles. The van der Waals surface area contributed by atoms with Crippen molar-refractivity contribution in [2.75, 3.05) is 13.7 Å². The molecule has 4 aliphatic rings. The van der Waals surface area contributed by atoms with E-state index in [9.17, 15) is 27.6 Å². The Hall–Kier alpha value is -4.20. The van der Waals surface area contributed by atoms with E-state index in [1.165, 1.54) is 12.0 Å². The lowest BCUT2D eigenvalue weighted by Crippen LogP contribution is -2.58. The monoisotopic (exact) mass is 653 g/mol. The van der Waals surface area contributed by atoms with Crippen molar-refractivity contribution in [1.29, 1.82) is 0 Å². The van der Waals surface area contributed by atoms with E-state index < -0.39 is 68.7 Å². The number of alkyl carbamates (subject to hydrolysis) is 1. The molecule has 4 amide bonds. The lowest BCUT2D eigenvalue weighted by atomic mass is 10.1. The predicted octanol–water partition coefficient (Wildman–Crippen LogP) is 2.31. The van der Waals surface area contributed by atoms with Gasteiger partial charge in [-0.2, -0.15) is 0 Å². The Morgan fingerprint density at radius 1 is 1.09 bits per heavy atom. The van der Waals surface area contributed by atoms with Crippen LogP contribution in [0.2, 0.25) is 0 Å². The molecule has 13 nitrogen and oxygen atoms in total. The van der Waals surface area contributed by atoms with E-state index in [0.717, 1.165) is 23.6 Å². The normalized spacial score (nSPS) is 29.3. The molecule has 0 spiro atoms. The van der Waals surface area contributed by atoms with Crippen molar-refractivity contribution in [3.63, 3.8) is 0 Å². The summed E-state index contributed by atoms with van der Waals surface area (Å²) in [4.78, 5) is 59.7. The molecule has 5 atom stereocenters. The molecule has 2 saturated carbocycles. The number of aromatic nitrogens is 1. The van der Waals surface area contributed by atoms with E-state index in [2.05, 4.69) is 20.3 Å². The fraction of sp³-hybridized carbons (Fsp3) is 0.531. The third kappa shape index (κ3) is 6.67. The summed E-state index contributed by atoms with van der Waals surface area (Å²) in [5.74, 6) is -1.90. The lowest BCUT2D eigenvalue weighted by Gasteiger charge is -2.29. The van der Waals surface area contributed by atoms with Gasteiger partial charge in [-0.05, 0) is 56.0 Å². The van der Waals surface area contributed by atoms with Crippen LogP contribution < -0.4 is 20.1 Å². The summed E-state index contributed by atoms with van der Waals surface area (Å²) in [6, 6.07) is 7.41. The molecular weight excluding hydrogens is 614 g/mol. The van der Waals surface area contributed by atoms with Gasteiger partial charge in [0.05, 0.1) is 18.9 Å². The van der Waals surface area contributed by atoms with Crippen molar-refractivity contribution in [1.82, 2.24) is 25.2 Å². The first-order chi connectivity index (χ1) is 22.1. The van der Waals surface area contributed by atoms with Gasteiger partial charge < -0.3 is 25.0 Å². The number of benzene rings is 1. The number of pyridine rings is 1. The third-order valence-corrected chi connectivity index (χ3v) is 11.1. The summed E-state index contributed by atoms with van der Waals surface area (Å²) in [6.45, 7) is 0.0275. The number of amides is 4. The maximum Gasteiger partial charge on any atom is 0.407 e. The van der Waals surface area contributed by atoms with Crippen molar-refractivity contribution >= 4 is 44.6 Å². The quantitative estimate of drug-likeness (QED) is 0.396. The molecule has 1 aromatic carbocycles. The molecule has 0 bridgehead atoms. The van der Waals surface area contributed by atoms with Crippen LogP contribution in [0.25, 0.3) is 10.8 Å². The fourth-order valence-corrected chi connectivity index (χ4v) is 7.76. The first-order valence-corrected chi connectivity index (χ1v) is 17.4. The van der Waals surface area contributed by atoms with Crippen LogP contribution >= 0.6 is 0 Å². The summed E-state index contributed by atoms with van der Waals surface area (Å²) in [5.41, 5.74) is -1.47. The molecule has 246 valence electrons. The number of hydrogen-bond acceptors (Lipinski definition) is 9. The van der Waals surface area contributed by atoms with Crippen LogP contribution in [0, 0.1) is 5.92 Å². The van der Waals surface area contributed by atoms with Crippen LogP contribution in [-0.4, -0.2) is 84.7 Å². The van der Waals surface area contributed by atoms with Crippen LogP contribution in [0.4, 0.5) is 4.79 Å². The zero-order valence-electron chi connectivity index (χ0n) is 25.6. The standard InChI is InChI=1S/C32H39N5O8S/c1-44-31(41)34-25-12-6-4-2-3-5-10-21-18-32(21,30(40)36-46(42,43)23-13-14-23)35-27(38)26-17-22(19-37(26)29(25)39)45-28-24-11-8-7-9-20(24)15-16-33-28/h5,7-11,15-16,21-23,25-26H,2-4,6,12-14,17-19H2,1H3,(H,34,41)(H,35,38)(H,36,40)/b10-5+. The van der Waals surface area contributed by atoms with Gasteiger partial charge in [-0.25, -0.2) is 18.2 Å². The fourth-order valence-electron chi connectivity index (χ4n) is 6.39. The average molecular weight is 654 g/mol. The highest BCUT2D eigenvalue weighted by molar-refractivity contribution is 7.91. The molecule has 3 N–H and O–H groups in total. The average Bonchev–Trinajstić information content (AvgIpc) is 3.96. The Morgan fingerprint density at radius 2 is 1.89 bits per heavy atom. The Bertz CT molecular complexity index is 1660. The Morgan fingerprint density at radius 3 is 2.67 bits per heavy atom. The molecule has 1 aromatic heterocycles. The van der Waals surface area contributed by atoms with Crippen molar-refractivity contribution in [3.05, 3.63) is 48.7 Å². The van der Waals surface area contributed by atoms with E-state index in [0.29, 0.717) is 38.0 Å². The number of ether oxygens (including phenoxy) is 2. The van der Waals surface area contributed by atoms with E-state index >= 15 is 0 Å². The van der Waals surface area contributed by atoms with E-state index in [-0.39, 0.29) is 19.4 Å². The van der Waals surface area contributed by atoms with Crippen molar-refractivity contribution in [3.8, 4) is 5.88 Å². The van der Waals surface area contributed by atoms with E-state index in [4.69, 9.17) is 9.47 Å². The number of fused-ring (bicyclic) bond motifs is 3. The van der Waals surface area contributed by atoms with Gasteiger partial charge in [0.15, 0.2) is 0 Å². The largest absolute Gasteiger partial charge is 0.472 e. The zero-order valence-corrected chi connectivity index (χ0v) is 26.5. The highest BCUT2D eigenvalue weighted by Crippen LogP contribution is 2.46. The number of rotatable bonds is 6. The van der Waals surface area contributed by atoms with Crippen LogP contribution in [-0.2, 0) is 29.1 Å². The van der Waals surface area contributed by atoms with Gasteiger partial charge in [-0.3, -0.25) is 19.1 Å². The van der Waals surface area contributed by atoms with Gasteiger partial charge in [0, 0.05) is 23.9 Å². The van der Waals surface area contributed by atoms with Gasteiger partial charge in [-0.1, -0.05) is 43.2 Å². The predicted molar refractivity (Wildman–Crippen MR) is 167 cm³/mol. The number of hydrogen-bond donors (Lipinski definition) is 3. The molecule has 46 heavy (non-hydrogen) atoms. The molecule has 3 fully saturated rings. The first-order valence-electron chi connectivity index (χ1n) is 15.8. The van der Waals surface area contributed by atoms with Crippen molar-refractivity contribution < 1.29 is 37.1 Å². The number of sulfonamides is 1. The van der Waals surface area contributed by atoms with Crippen LogP contribution in [0.1, 0.15) is 57.8 Å². The minimum Gasteiger partial charge on any atom is -0.472 e. The molecule has 2 aromatic rings. The number of allylic oxidation sites excluding steroid dienone is 1. The van der Waals surface area contributed by atoms with E-state index in [1.54, 1.807) is 6.20 Å². The molecule has 5 unspecified atom stereocenters. The van der Waals surface area contributed by atoms with Crippen molar-refractivity contribution in [2.45, 2.75) is 86.8 Å². The number of nitrogens with zero attached hydrogens (tertiary/aromatic N) is 2. The summed E-state index contributed by atoms with van der Waals surface area (Å²) in [5, 5.41) is 6.56. The molecule has 6 rings (SSSR count). The number of carbonyl (C=O) groups excluding carboxylic acids is 4. The zero-order chi connectivity index (χ0) is 32.5. The third-order valence-electron chi connectivity index (χ3n) is 9.24. The maximum absolute atomic E-state index is 14.1. The minimum atomic E-state index is -3.86. The Kier molecular flexibility index (Phi) is 8.90. The molecule has 3 heterocycles. The van der Waals surface area contributed by atoms with Crippen LogP contribution in [0.15, 0.2) is 48.7 Å². The Labute approximate surface area is 267 Å². The maximum atomic E-state index is 14.1. The van der Waals surface area contributed by atoms with Crippen molar-refractivity contribution in [2.24, 2.45) is 5.92 Å². The topological polar surface area (TPSA) is 173 Å². The lowest BCUT2D eigenvalue weighted by molar-refractivity contribution is -0.141. The van der Waals surface area contributed by atoms with E-state index in [1.807, 2.05) is 42.5 Å². The number of carbonyl (C=O) groups is 4. The van der Waals surface area contributed by atoms with Gasteiger partial charge in [0.1, 0.15) is 23.7 Å². The summed E-state index contributed by atoms with van der Waals surface area (Å²) in [7, 11) is -2.64. The second-order valence-electron chi connectivity index (χ2n) is 12.5. The number of nitrogens with one attached hydrogen (secondary N) is 3. The molecule has 2 aliphatic carbocycles. The minimum absolute atomic E-state index is 0.0275. The molecule has 0 radical (unpaired) electrons. The second kappa shape index (κ2) is 12.9. The van der Waals surface area contributed by atoms with Crippen LogP contribution in [0.3, 0.4) is 0 Å². The second-order valence-corrected chi connectivity index (χ2v) is 14.5. The summed E-state index contributed by atoms with van der Waals surface area (Å²) >= 11 is 0. The molecule has 14 heteroatoms. The highest BCUT2D eigenvalue weighted by atomic mass is 32.2. The first kappa shape index (κ1) is 31.8. The highest BCUT2D eigenvalue weighted by Gasteiger charge is 2.62. The summed E-state index contributed by atoms with van der Waals surface area (Å²) in [6.07, 6.45) is 8.61. The number of methoxy groups -OCH3 is 1. The SMILES string of the molecule is COC(=O)NC1CCCCC/C=C/C2CC2(C(=O)NS(=O)(=O)C2CC2)NC(=O)C2CC(Oc3nccc4ccccc34)CN2C1=O. The van der Waals surface area contributed by atoms with Gasteiger partial charge in [-0.15, -0.1) is 0 Å². The summed E-state index contributed by atoms with van der Waals surface area (Å²) < 4.78 is 38.7.